The Morgan fingerprint density at radius 3 is 2.72 bits per heavy atom. The largest absolute Gasteiger partial charge is 0.854 e. The molecular formula is C10H7F2N3O3. The lowest BCUT2D eigenvalue weighted by molar-refractivity contribution is -0.742. The minimum Gasteiger partial charge on any atom is -0.854 e. The van der Waals surface area contributed by atoms with Crippen molar-refractivity contribution in [2.75, 3.05) is 0 Å². The molecule has 0 spiro atoms. The maximum absolute atomic E-state index is 12.9. The molecule has 0 aliphatic heterocycles. The first-order chi connectivity index (χ1) is 8.49. The summed E-state index contributed by atoms with van der Waals surface area (Å²) in [5, 5.41) is 13.8. The van der Waals surface area contributed by atoms with Crippen molar-refractivity contribution in [2.45, 2.75) is 0 Å². The van der Waals surface area contributed by atoms with Crippen LogP contribution in [0, 0.1) is 11.6 Å². The molecule has 8 heteroatoms. The SMILES string of the molecule is C[n+]1[nH]oc(=O)c1C([O-])=Nc1ccc(F)c(F)c1. The molecule has 0 fully saturated rings. The van der Waals surface area contributed by atoms with Crippen molar-refractivity contribution in [1.29, 1.82) is 0 Å². The zero-order valence-electron chi connectivity index (χ0n) is 9.11. The van der Waals surface area contributed by atoms with Gasteiger partial charge in [0.1, 0.15) is 0 Å². The van der Waals surface area contributed by atoms with Crippen LogP contribution in [0.25, 0.3) is 0 Å². The number of hydrogen-bond donors (Lipinski definition) is 1. The van der Waals surface area contributed by atoms with Gasteiger partial charge >= 0.3 is 11.3 Å². The molecule has 1 heterocycles. The Morgan fingerprint density at radius 2 is 2.17 bits per heavy atom. The van der Waals surface area contributed by atoms with Crippen LogP contribution < -0.4 is 15.4 Å². The van der Waals surface area contributed by atoms with Crippen LogP contribution in [0.1, 0.15) is 5.69 Å². The van der Waals surface area contributed by atoms with E-state index in [1.807, 2.05) is 0 Å². The van der Waals surface area contributed by atoms with Gasteiger partial charge < -0.3 is 5.11 Å². The summed E-state index contributed by atoms with van der Waals surface area (Å²) in [7, 11) is 1.37. The fourth-order valence-corrected chi connectivity index (χ4v) is 1.30. The van der Waals surface area contributed by atoms with Crippen LogP contribution in [0.15, 0.2) is 32.5 Å². The Labute approximate surface area is 98.8 Å². The number of nitrogens with one attached hydrogen (secondary N) is 1. The number of aromatic nitrogens is 2. The van der Waals surface area contributed by atoms with E-state index in [1.54, 1.807) is 0 Å². The minimum atomic E-state index is -1.13. The Kier molecular flexibility index (Phi) is 2.92. The zero-order valence-corrected chi connectivity index (χ0v) is 9.11. The topological polar surface area (TPSA) is 85.3 Å². The lowest BCUT2D eigenvalue weighted by atomic mass is 10.3. The summed E-state index contributed by atoms with van der Waals surface area (Å²) in [5.74, 6) is -3.10. The van der Waals surface area contributed by atoms with E-state index < -0.39 is 23.2 Å². The molecule has 0 saturated heterocycles. The monoisotopic (exact) mass is 255 g/mol. The van der Waals surface area contributed by atoms with Crippen molar-refractivity contribution >= 4 is 11.6 Å². The molecule has 1 N–H and O–H groups in total. The van der Waals surface area contributed by atoms with E-state index in [1.165, 1.54) is 7.05 Å². The molecule has 1 aromatic carbocycles. The molecule has 18 heavy (non-hydrogen) atoms. The highest BCUT2D eigenvalue weighted by Crippen LogP contribution is 2.16. The number of aromatic amines is 1. The summed E-state index contributed by atoms with van der Waals surface area (Å²) >= 11 is 0. The summed E-state index contributed by atoms with van der Waals surface area (Å²) in [5.41, 5.74) is -1.34. The molecule has 1 aromatic heterocycles. The second-order valence-electron chi connectivity index (χ2n) is 3.40. The van der Waals surface area contributed by atoms with E-state index in [4.69, 9.17) is 0 Å². The van der Waals surface area contributed by atoms with E-state index in [0.29, 0.717) is 0 Å². The lowest BCUT2D eigenvalue weighted by Gasteiger charge is -2.03. The molecule has 0 bridgehead atoms. The van der Waals surface area contributed by atoms with Crippen LogP contribution in [0.4, 0.5) is 14.5 Å². The number of H-pyrrole nitrogens is 1. The Hall–Kier alpha value is -2.51. The third-order valence-electron chi connectivity index (χ3n) is 2.14. The van der Waals surface area contributed by atoms with Gasteiger partial charge in [0.15, 0.2) is 18.7 Å². The quantitative estimate of drug-likeness (QED) is 0.446. The maximum atomic E-state index is 12.9. The minimum absolute atomic E-state index is 0.0977. The third kappa shape index (κ3) is 2.12. The normalized spacial score (nSPS) is 11.8. The molecule has 0 atom stereocenters. The van der Waals surface area contributed by atoms with Crippen LogP contribution in [-0.2, 0) is 7.05 Å². The van der Waals surface area contributed by atoms with Gasteiger partial charge in [-0.3, -0.25) is 9.52 Å². The van der Waals surface area contributed by atoms with E-state index in [9.17, 15) is 18.7 Å². The number of nitrogens with zero attached hydrogens (tertiary/aromatic N) is 2. The second-order valence-corrected chi connectivity index (χ2v) is 3.40. The van der Waals surface area contributed by atoms with Crippen molar-refractivity contribution in [2.24, 2.45) is 12.0 Å². The summed E-state index contributed by atoms with van der Waals surface area (Å²) in [6.45, 7) is 0. The number of aliphatic imine (C=N–C) groups is 1. The Bertz CT molecular complexity index is 675. The number of benzene rings is 1. The van der Waals surface area contributed by atoms with Crippen LogP contribution in [0.3, 0.4) is 0 Å². The van der Waals surface area contributed by atoms with Crippen molar-refractivity contribution in [3.63, 3.8) is 0 Å². The van der Waals surface area contributed by atoms with Gasteiger partial charge in [0.2, 0.25) is 0 Å². The van der Waals surface area contributed by atoms with E-state index in [0.717, 1.165) is 22.9 Å². The van der Waals surface area contributed by atoms with Gasteiger partial charge in [0.05, 0.1) is 11.6 Å². The number of rotatable bonds is 2. The molecule has 6 nitrogen and oxygen atoms in total. The highest BCUT2D eigenvalue weighted by molar-refractivity contribution is 5.88. The smallest absolute Gasteiger partial charge is 0.435 e. The maximum Gasteiger partial charge on any atom is 0.435 e. The predicted molar refractivity (Wildman–Crippen MR) is 53.1 cm³/mol. The number of aryl methyl sites for hydroxylation is 1. The van der Waals surface area contributed by atoms with Gasteiger partial charge in [0, 0.05) is 6.07 Å². The van der Waals surface area contributed by atoms with Crippen LogP contribution in [0.2, 0.25) is 0 Å². The highest BCUT2D eigenvalue weighted by Gasteiger charge is 2.17. The van der Waals surface area contributed by atoms with Crippen LogP contribution >= 0.6 is 0 Å². The van der Waals surface area contributed by atoms with Crippen LogP contribution in [-0.4, -0.2) is 11.2 Å². The fraction of sp³-hybridized carbons (Fsp3) is 0.100. The van der Waals surface area contributed by atoms with Crippen molar-refractivity contribution in [3.05, 3.63) is 45.9 Å². The summed E-state index contributed by atoms with van der Waals surface area (Å²) in [4.78, 5) is 14.6. The summed E-state index contributed by atoms with van der Waals surface area (Å²) < 4.78 is 31.0. The van der Waals surface area contributed by atoms with Gasteiger partial charge in [-0.25, -0.2) is 13.6 Å². The summed E-state index contributed by atoms with van der Waals surface area (Å²) in [6.07, 6.45) is 0. The van der Waals surface area contributed by atoms with Gasteiger partial charge in [0.25, 0.3) is 0 Å². The first kappa shape index (κ1) is 12.0. The molecule has 0 aliphatic rings. The average molecular weight is 255 g/mol. The second kappa shape index (κ2) is 4.40. The molecular weight excluding hydrogens is 248 g/mol. The van der Waals surface area contributed by atoms with Crippen LogP contribution in [0.5, 0.6) is 0 Å². The fourth-order valence-electron chi connectivity index (χ4n) is 1.30. The zero-order chi connectivity index (χ0) is 13.3. The number of halogens is 2. The van der Waals surface area contributed by atoms with E-state index in [-0.39, 0.29) is 11.4 Å². The molecule has 94 valence electrons. The first-order valence-corrected chi connectivity index (χ1v) is 4.77. The van der Waals surface area contributed by atoms with Gasteiger partial charge in [-0.2, -0.15) is 0 Å². The van der Waals surface area contributed by atoms with Crippen molar-refractivity contribution < 1.29 is 23.1 Å². The Morgan fingerprint density at radius 1 is 1.44 bits per heavy atom. The number of hydrogen-bond acceptors (Lipinski definition) is 4. The molecule has 0 unspecified atom stereocenters. The first-order valence-electron chi connectivity index (χ1n) is 4.77. The van der Waals surface area contributed by atoms with Crippen molar-refractivity contribution in [3.8, 4) is 0 Å². The average Bonchev–Trinajstić information content (AvgIpc) is 2.64. The van der Waals surface area contributed by atoms with Gasteiger partial charge in [-0.15, -0.1) is 0 Å². The molecule has 0 amide bonds. The highest BCUT2D eigenvalue weighted by atomic mass is 19.2. The van der Waals surface area contributed by atoms with Crippen molar-refractivity contribution in [1.82, 2.24) is 5.27 Å². The molecule has 0 aliphatic carbocycles. The third-order valence-corrected chi connectivity index (χ3v) is 2.14. The summed E-state index contributed by atoms with van der Waals surface area (Å²) in [6, 6.07) is 2.70. The predicted octanol–water partition coefficient (Wildman–Crippen LogP) is -0.491. The molecule has 0 radical (unpaired) electrons. The van der Waals surface area contributed by atoms with E-state index in [2.05, 4.69) is 14.8 Å². The van der Waals surface area contributed by atoms with E-state index >= 15 is 0 Å². The molecule has 2 aromatic rings. The lowest BCUT2D eigenvalue weighted by Crippen LogP contribution is -2.43. The molecule has 0 saturated carbocycles. The molecule has 2 rings (SSSR count). The Balaban J connectivity index is 2.45. The standard InChI is InChI=1S/C10H7F2N3O3/c1-15-8(10(17)18-14-15)9(16)13-5-2-3-6(11)7(12)4-5/h2-4H,1H3,(H-,13,14,16,17). The van der Waals surface area contributed by atoms with Gasteiger partial charge in [-0.1, -0.05) is 4.68 Å². The van der Waals surface area contributed by atoms with Gasteiger partial charge in [-0.05, 0) is 17.4 Å².